The Morgan fingerprint density at radius 2 is 1.84 bits per heavy atom. The van der Waals surface area contributed by atoms with Gasteiger partial charge < -0.3 is 37.3 Å². The first-order chi connectivity index (χ1) is 14.9. The Labute approximate surface area is 185 Å². The Bertz CT molecular complexity index is 885. The number of nitrogens with one attached hydrogen (secondary N) is 3. The fourth-order valence-corrected chi connectivity index (χ4v) is 3.17. The lowest BCUT2D eigenvalue weighted by Gasteiger charge is -2.21. The molecule has 1 heterocycles. The maximum absolute atomic E-state index is 12.4. The quantitative estimate of drug-likeness (QED) is 0.106. The number of guanidine groups is 1. The summed E-state index contributed by atoms with van der Waals surface area (Å²) >= 11 is 0. The minimum atomic E-state index is -1.33. The molecule has 0 saturated carbocycles. The number of carboxylic acid groups (broad SMARTS) is 1. The molecule has 2 atom stereocenters. The van der Waals surface area contributed by atoms with Gasteiger partial charge in [0.15, 0.2) is 5.96 Å². The second kappa shape index (κ2) is 12.4. The molecule has 1 rings (SSSR count). The van der Waals surface area contributed by atoms with Crippen molar-refractivity contribution in [3.05, 3.63) is 16.2 Å². The van der Waals surface area contributed by atoms with Crippen LogP contribution in [-0.2, 0) is 27.3 Å². The van der Waals surface area contributed by atoms with E-state index in [9.17, 15) is 24.3 Å². The molecule has 1 unspecified atom stereocenters. The van der Waals surface area contributed by atoms with Crippen LogP contribution < -0.4 is 27.8 Å². The summed E-state index contributed by atoms with van der Waals surface area (Å²) in [7, 11) is 0. The van der Waals surface area contributed by atoms with Gasteiger partial charge in [0.1, 0.15) is 12.6 Å². The Morgan fingerprint density at radius 3 is 2.41 bits per heavy atom. The lowest BCUT2D eigenvalue weighted by molar-refractivity contribution is -0.140. The molecule has 9 N–H and O–H groups in total. The summed E-state index contributed by atoms with van der Waals surface area (Å²) < 4.78 is 0.794. The SMILES string of the molecule is CC(C)CC(C)NC(=O)[C@H](CC(=O)O)NC(=O)Cn1c(O)c(CCCN=C(N)N)[nH]c1=O. The molecule has 32 heavy (non-hydrogen) atoms. The van der Waals surface area contributed by atoms with Crippen LogP contribution in [-0.4, -0.2) is 62.1 Å². The number of hydrogen-bond donors (Lipinski definition) is 7. The van der Waals surface area contributed by atoms with E-state index in [-0.39, 0.29) is 30.7 Å². The summed E-state index contributed by atoms with van der Waals surface area (Å²) in [5.41, 5.74) is 9.94. The van der Waals surface area contributed by atoms with E-state index in [1.807, 2.05) is 13.8 Å². The molecular formula is C19H33N7O6. The summed E-state index contributed by atoms with van der Waals surface area (Å²) in [5.74, 6) is -2.90. The zero-order valence-electron chi connectivity index (χ0n) is 18.6. The molecule has 0 spiro atoms. The third kappa shape index (κ3) is 9.10. The van der Waals surface area contributed by atoms with Gasteiger partial charge in [0, 0.05) is 12.6 Å². The van der Waals surface area contributed by atoms with Crippen LogP contribution in [0, 0.1) is 5.92 Å². The van der Waals surface area contributed by atoms with E-state index in [1.165, 1.54) is 0 Å². The maximum Gasteiger partial charge on any atom is 0.329 e. The first-order valence-corrected chi connectivity index (χ1v) is 10.3. The molecule has 0 radical (unpaired) electrons. The first-order valence-electron chi connectivity index (χ1n) is 10.3. The Balaban J connectivity index is 2.81. The summed E-state index contributed by atoms with van der Waals surface area (Å²) in [6, 6.07) is -1.54. The van der Waals surface area contributed by atoms with Gasteiger partial charge in [-0.3, -0.25) is 23.9 Å². The molecular weight excluding hydrogens is 422 g/mol. The van der Waals surface area contributed by atoms with Crippen molar-refractivity contribution in [2.45, 2.75) is 65.1 Å². The van der Waals surface area contributed by atoms with E-state index in [0.717, 1.165) is 4.57 Å². The van der Waals surface area contributed by atoms with Crippen LogP contribution in [0.15, 0.2) is 9.79 Å². The van der Waals surface area contributed by atoms with Gasteiger partial charge in [-0.2, -0.15) is 0 Å². The Morgan fingerprint density at radius 1 is 1.19 bits per heavy atom. The first kappa shape index (κ1) is 26.5. The smallest absolute Gasteiger partial charge is 0.329 e. The normalized spacial score (nSPS) is 12.8. The van der Waals surface area contributed by atoms with E-state index in [4.69, 9.17) is 16.6 Å². The number of aromatic amines is 1. The van der Waals surface area contributed by atoms with Gasteiger partial charge in [0.2, 0.25) is 17.7 Å². The van der Waals surface area contributed by atoms with E-state index in [0.29, 0.717) is 18.8 Å². The second-order valence-electron chi connectivity index (χ2n) is 7.99. The molecule has 0 aromatic carbocycles. The molecule has 0 saturated heterocycles. The average Bonchev–Trinajstić information content (AvgIpc) is 2.91. The summed E-state index contributed by atoms with van der Waals surface area (Å²) in [5, 5.41) is 24.3. The van der Waals surface area contributed by atoms with Crippen LogP contribution in [0.3, 0.4) is 0 Å². The van der Waals surface area contributed by atoms with Crippen molar-refractivity contribution in [2.75, 3.05) is 6.54 Å². The molecule has 1 aromatic heterocycles. The molecule has 13 nitrogen and oxygen atoms in total. The Kier molecular flexibility index (Phi) is 10.3. The van der Waals surface area contributed by atoms with Gasteiger partial charge in [-0.1, -0.05) is 13.8 Å². The largest absolute Gasteiger partial charge is 0.493 e. The van der Waals surface area contributed by atoms with Gasteiger partial charge in [0.05, 0.1) is 12.1 Å². The number of H-pyrrole nitrogens is 1. The minimum absolute atomic E-state index is 0.0736. The molecule has 0 aliphatic carbocycles. The molecule has 0 aliphatic rings. The van der Waals surface area contributed by atoms with Gasteiger partial charge in [0.25, 0.3) is 0 Å². The van der Waals surface area contributed by atoms with Crippen molar-refractivity contribution in [3.8, 4) is 5.88 Å². The minimum Gasteiger partial charge on any atom is -0.493 e. The molecule has 0 fully saturated rings. The number of imidazole rings is 1. The fourth-order valence-electron chi connectivity index (χ4n) is 3.17. The van der Waals surface area contributed by atoms with Gasteiger partial charge in [-0.25, -0.2) is 4.79 Å². The lowest BCUT2D eigenvalue weighted by atomic mass is 10.0. The zero-order valence-corrected chi connectivity index (χ0v) is 18.6. The topological polar surface area (TPSA) is 218 Å². The third-order valence-corrected chi connectivity index (χ3v) is 4.45. The molecule has 1 aromatic rings. The Hall–Kier alpha value is -3.51. The van der Waals surface area contributed by atoms with Crippen LogP contribution in [0.2, 0.25) is 0 Å². The number of carbonyl (C=O) groups excluding carboxylic acids is 2. The number of aliphatic imine (C=N–C) groups is 1. The van der Waals surface area contributed by atoms with E-state index >= 15 is 0 Å². The monoisotopic (exact) mass is 455 g/mol. The predicted molar refractivity (Wildman–Crippen MR) is 117 cm³/mol. The predicted octanol–water partition coefficient (Wildman–Crippen LogP) is -1.40. The highest BCUT2D eigenvalue weighted by molar-refractivity contribution is 5.90. The maximum atomic E-state index is 12.4. The number of aromatic nitrogens is 2. The number of aromatic hydroxyl groups is 1. The van der Waals surface area contributed by atoms with Gasteiger partial charge in [-0.05, 0) is 32.1 Å². The van der Waals surface area contributed by atoms with Crippen molar-refractivity contribution < 1.29 is 24.6 Å². The molecule has 180 valence electrons. The summed E-state index contributed by atoms with van der Waals surface area (Å²) in [4.78, 5) is 54.4. The van der Waals surface area contributed by atoms with Gasteiger partial charge >= 0.3 is 11.7 Å². The molecule has 0 bridgehead atoms. The van der Waals surface area contributed by atoms with E-state index < -0.39 is 48.4 Å². The van der Waals surface area contributed by atoms with Crippen LogP contribution in [0.1, 0.15) is 45.7 Å². The standard InChI is InChI=1S/C19H33N7O6/c1-10(2)7-11(3)23-16(30)13(8-15(28)29)24-14(27)9-26-17(31)12(25-19(26)32)5-4-6-22-18(20)21/h10-11,13,31H,4-9H2,1-3H3,(H,23,30)(H,24,27)(H,25,32)(H,28,29)(H4,20,21,22)/t11?,13-/m0/s1. The number of carboxylic acids is 1. The van der Waals surface area contributed by atoms with E-state index in [2.05, 4.69) is 20.6 Å². The highest BCUT2D eigenvalue weighted by atomic mass is 16.4. The second-order valence-corrected chi connectivity index (χ2v) is 7.99. The number of hydrogen-bond acceptors (Lipinski definition) is 6. The number of nitrogens with zero attached hydrogens (tertiary/aromatic N) is 2. The summed E-state index contributed by atoms with van der Waals surface area (Å²) in [6.07, 6.45) is 0.741. The fraction of sp³-hybridized carbons (Fsp3) is 0.632. The third-order valence-electron chi connectivity index (χ3n) is 4.45. The van der Waals surface area contributed by atoms with Crippen LogP contribution in [0.25, 0.3) is 0 Å². The van der Waals surface area contributed by atoms with Crippen LogP contribution in [0.4, 0.5) is 0 Å². The number of carbonyl (C=O) groups is 3. The van der Waals surface area contributed by atoms with Gasteiger partial charge in [-0.15, -0.1) is 0 Å². The van der Waals surface area contributed by atoms with Crippen molar-refractivity contribution in [1.29, 1.82) is 0 Å². The summed E-state index contributed by atoms with van der Waals surface area (Å²) in [6.45, 7) is 5.44. The highest BCUT2D eigenvalue weighted by Gasteiger charge is 2.26. The molecule has 2 amide bonds. The van der Waals surface area contributed by atoms with Crippen LogP contribution >= 0.6 is 0 Å². The average molecular weight is 456 g/mol. The number of nitrogens with two attached hydrogens (primary N) is 2. The number of amides is 2. The van der Waals surface area contributed by atoms with Crippen molar-refractivity contribution in [2.24, 2.45) is 22.4 Å². The van der Waals surface area contributed by atoms with E-state index in [1.54, 1.807) is 6.92 Å². The lowest BCUT2D eigenvalue weighted by Crippen LogP contribution is -2.51. The van der Waals surface area contributed by atoms with Crippen LogP contribution in [0.5, 0.6) is 5.88 Å². The molecule has 0 aliphatic heterocycles. The number of aryl methyl sites for hydroxylation is 1. The number of aliphatic carboxylic acids is 1. The molecule has 13 heteroatoms. The van der Waals surface area contributed by atoms with Crippen molar-refractivity contribution in [3.63, 3.8) is 0 Å². The van der Waals surface area contributed by atoms with Crippen molar-refractivity contribution >= 4 is 23.7 Å². The zero-order chi connectivity index (χ0) is 24.4. The number of rotatable bonds is 13. The van der Waals surface area contributed by atoms with Crippen molar-refractivity contribution in [1.82, 2.24) is 20.2 Å². The highest BCUT2D eigenvalue weighted by Crippen LogP contribution is 2.14.